The lowest BCUT2D eigenvalue weighted by molar-refractivity contribution is -0.385. The van der Waals surface area contributed by atoms with Gasteiger partial charge in [0.1, 0.15) is 4.90 Å². The summed E-state index contributed by atoms with van der Waals surface area (Å²) in [5.74, 6) is -1.15. The van der Waals surface area contributed by atoms with Crippen molar-refractivity contribution < 1.29 is 17.7 Å². The number of rotatable bonds is 6. The summed E-state index contributed by atoms with van der Waals surface area (Å²) in [4.78, 5) is 9.38. The van der Waals surface area contributed by atoms with Gasteiger partial charge in [-0.2, -0.15) is 4.31 Å². The highest BCUT2D eigenvalue weighted by atomic mass is 32.2. The molecule has 1 aromatic carbocycles. The molecule has 0 saturated heterocycles. The zero-order chi connectivity index (χ0) is 16.4. The van der Waals surface area contributed by atoms with Crippen LogP contribution in [0.3, 0.4) is 0 Å². The molecule has 7 nitrogen and oxygen atoms in total. The summed E-state index contributed by atoms with van der Waals surface area (Å²) < 4.78 is 40.4. The van der Waals surface area contributed by atoms with Gasteiger partial charge in [-0.25, -0.2) is 12.8 Å². The molecule has 0 unspecified atom stereocenters. The van der Waals surface area contributed by atoms with Crippen LogP contribution >= 0.6 is 0 Å². The number of benzene rings is 1. The number of non-ortho nitro benzene ring substituents is 1. The summed E-state index contributed by atoms with van der Waals surface area (Å²) in [6, 6.07) is 1.26. The molecule has 0 aromatic heterocycles. The van der Waals surface area contributed by atoms with E-state index in [0.717, 1.165) is 10.4 Å². The molecule has 9 heteroatoms. The topological polar surface area (TPSA) is 92.5 Å². The zero-order valence-corrected chi connectivity index (χ0v) is 13.1. The molecule has 0 saturated carbocycles. The third kappa shape index (κ3) is 3.30. The molecule has 0 amide bonds. The summed E-state index contributed by atoms with van der Waals surface area (Å²) in [7, 11) is -2.71. The van der Waals surface area contributed by atoms with E-state index in [1.54, 1.807) is 20.8 Å². The standard InChI is InChI=1S/C12H18FN3O4S/c1-5-15(8(2)3)21(19,20)12-10(13)6-9(16(17)18)7-11(12)14-4/h6-8,14H,5H2,1-4H3. The van der Waals surface area contributed by atoms with E-state index < -0.39 is 31.3 Å². The lowest BCUT2D eigenvalue weighted by Gasteiger charge is -2.25. The van der Waals surface area contributed by atoms with Crippen molar-refractivity contribution in [1.29, 1.82) is 0 Å². The summed E-state index contributed by atoms with van der Waals surface area (Å²) in [5, 5.41) is 13.2. The van der Waals surface area contributed by atoms with Crippen molar-refractivity contribution in [2.45, 2.75) is 31.7 Å². The monoisotopic (exact) mass is 319 g/mol. The molecule has 0 fully saturated rings. The van der Waals surface area contributed by atoms with Crippen molar-refractivity contribution in [2.24, 2.45) is 0 Å². The van der Waals surface area contributed by atoms with Gasteiger partial charge >= 0.3 is 0 Å². The molecule has 21 heavy (non-hydrogen) atoms. The predicted molar refractivity (Wildman–Crippen MR) is 77.3 cm³/mol. The highest BCUT2D eigenvalue weighted by Gasteiger charge is 2.32. The first kappa shape index (κ1) is 17.3. The number of hydrogen-bond acceptors (Lipinski definition) is 5. The molecule has 1 aromatic rings. The minimum atomic E-state index is -4.09. The van der Waals surface area contributed by atoms with Crippen LogP contribution < -0.4 is 5.32 Å². The predicted octanol–water partition coefficient (Wildman–Crippen LogP) is 2.19. The Morgan fingerprint density at radius 1 is 1.43 bits per heavy atom. The van der Waals surface area contributed by atoms with Crippen LogP contribution in [-0.2, 0) is 10.0 Å². The van der Waals surface area contributed by atoms with Crippen LogP contribution in [0, 0.1) is 15.9 Å². The van der Waals surface area contributed by atoms with Crippen molar-refractivity contribution in [3.8, 4) is 0 Å². The number of sulfonamides is 1. The first-order chi connectivity index (χ1) is 9.66. The van der Waals surface area contributed by atoms with Crippen LogP contribution in [0.25, 0.3) is 0 Å². The highest BCUT2D eigenvalue weighted by Crippen LogP contribution is 2.32. The minimum absolute atomic E-state index is 0.138. The highest BCUT2D eigenvalue weighted by molar-refractivity contribution is 7.89. The van der Waals surface area contributed by atoms with Gasteiger partial charge in [-0.15, -0.1) is 0 Å². The fraction of sp³-hybridized carbons (Fsp3) is 0.500. The van der Waals surface area contributed by atoms with Crippen molar-refractivity contribution >= 4 is 21.4 Å². The number of anilines is 1. The van der Waals surface area contributed by atoms with E-state index >= 15 is 0 Å². The molecule has 118 valence electrons. The van der Waals surface area contributed by atoms with E-state index in [1.165, 1.54) is 7.05 Å². The maximum absolute atomic E-state index is 14.2. The second-order valence-electron chi connectivity index (χ2n) is 4.61. The molecule has 1 rings (SSSR count). The third-order valence-corrected chi connectivity index (χ3v) is 5.19. The number of nitro benzene ring substituents is 1. The second-order valence-corrected chi connectivity index (χ2v) is 6.44. The molecule has 0 aliphatic carbocycles. The van der Waals surface area contributed by atoms with Crippen molar-refractivity contribution in [3.63, 3.8) is 0 Å². The largest absolute Gasteiger partial charge is 0.387 e. The van der Waals surface area contributed by atoms with Crippen LogP contribution in [0.5, 0.6) is 0 Å². The molecular weight excluding hydrogens is 301 g/mol. The van der Waals surface area contributed by atoms with Crippen LogP contribution in [-0.4, -0.2) is 37.3 Å². The number of nitrogens with one attached hydrogen (secondary N) is 1. The van der Waals surface area contributed by atoms with Gasteiger partial charge in [-0.3, -0.25) is 10.1 Å². The second kappa shape index (κ2) is 6.35. The first-order valence-corrected chi connectivity index (χ1v) is 7.78. The van der Waals surface area contributed by atoms with E-state index in [2.05, 4.69) is 5.32 Å². The summed E-state index contributed by atoms with van der Waals surface area (Å²) in [6.45, 7) is 5.15. The Morgan fingerprint density at radius 3 is 2.38 bits per heavy atom. The van der Waals surface area contributed by atoms with Gasteiger partial charge in [0.25, 0.3) is 5.69 Å². The fourth-order valence-electron chi connectivity index (χ4n) is 2.06. The van der Waals surface area contributed by atoms with Gasteiger partial charge in [0, 0.05) is 25.7 Å². The maximum atomic E-state index is 14.2. The van der Waals surface area contributed by atoms with Gasteiger partial charge < -0.3 is 5.32 Å². The lowest BCUT2D eigenvalue weighted by Crippen LogP contribution is -2.37. The normalized spacial score (nSPS) is 12.0. The molecule has 1 N–H and O–H groups in total. The molecule has 0 radical (unpaired) electrons. The fourth-order valence-corrected chi connectivity index (χ4v) is 3.94. The first-order valence-electron chi connectivity index (χ1n) is 6.34. The van der Waals surface area contributed by atoms with E-state index in [-0.39, 0.29) is 18.3 Å². The molecule has 0 aliphatic rings. The van der Waals surface area contributed by atoms with Crippen molar-refractivity contribution in [2.75, 3.05) is 18.9 Å². The Morgan fingerprint density at radius 2 is 2.00 bits per heavy atom. The van der Waals surface area contributed by atoms with Crippen molar-refractivity contribution in [1.82, 2.24) is 4.31 Å². The van der Waals surface area contributed by atoms with Crippen LogP contribution in [0.1, 0.15) is 20.8 Å². The van der Waals surface area contributed by atoms with E-state index in [0.29, 0.717) is 6.07 Å². The maximum Gasteiger partial charge on any atom is 0.274 e. The number of hydrogen-bond donors (Lipinski definition) is 1. The summed E-state index contributed by atoms with van der Waals surface area (Å²) in [6.07, 6.45) is 0. The van der Waals surface area contributed by atoms with Crippen LogP contribution in [0.2, 0.25) is 0 Å². The van der Waals surface area contributed by atoms with E-state index in [9.17, 15) is 22.9 Å². The average Bonchev–Trinajstić information content (AvgIpc) is 2.36. The van der Waals surface area contributed by atoms with Gasteiger partial charge in [-0.05, 0) is 13.8 Å². The Bertz CT molecular complexity index is 646. The smallest absolute Gasteiger partial charge is 0.274 e. The third-order valence-electron chi connectivity index (χ3n) is 2.96. The number of nitrogens with zero attached hydrogens (tertiary/aromatic N) is 2. The van der Waals surface area contributed by atoms with E-state index in [4.69, 9.17) is 0 Å². The number of nitro groups is 1. The van der Waals surface area contributed by atoms with Crippen LogP contribution in [0.15, 0.2) is 17.0 Å². The van der Waals surface area contributed by atoms with Gasteiger partial charge in [-0.1, -0.05) is 6.92 Å². The minimum Gasteiger partial charge on any atom is -0.387 e. The molecule has 0 heterocycles. The lowest BCUT2D eigenvalue weighted by atomic mass is 10.2. The summed E-state index contributed by atoms with van der Waals surface area (Å²) >= 11 is 0. The SMILES string of the molecule is CCN(C(C)C)S(=O)(=O)c1c(F)cc([N+](=O)[O-])cc1NC. The Labute approximate surface area is 123 Å². The molecule has 0 atom stereocenters. The zero-order valence-electron chi connectivity index (χ0n) is 12.3. The van der Waals surface area contributed by atoms with Crippen molar-refractivity contribution in [3.05, 3.63) is 28.1 Å². The molecular formula is C12H18FN3O4S. The molecule has 0 aliphatic heterocycles. The Balaban J connectivity index is 3.59. The van der Waals surface area contributed by atoms with Crippen LogP contribution in [0.4, 0.5) is 15.8 Å². The Kier molecular flexibility index (Phi) is 5.24. The Hall–Kier alpha value is -1.74. The summed E-state index contributed by atoms with van der Waals surface area (Å²) in [5.41, 5.74) is -0.649. The van der Waals surface area contributed by atoms with E-state index in [1.807, 2.05) is 0 Å². The molecule has 0 bridgehead atoms. The molecule has 0 spiro atoms. The number of halogens is 1. The quantitative estimate of drug-likeness (QED) is 0.641. The van der Waals surface area contributed by atoms with Gasteiger partial charge in [0.2, 0.25) is 10.0 Å². The average molecular weight is 319 g/mol. The van der Waals surface area contributed by atoms with Gasteiger partial charge in [0.05, 0.1) is 16.7 Å². The van der Waals surface area contributed by atoms with Gasteiger partial charge in [0.15, 0.2) is 5.82 Å².